The molecule has 144 valence electrons. The van der Waals surface area contributed by atoms with Crippen molar-refractivity contribution in [2.24, 2.45) is 11.3 Å². The summed E-state index contributed by atoms with van der Waals surface area (Å²) in [6.07, 6.45) is 5.45. The molecule has 0 saturated carbocycles. The summed E-state index contributed by atoms with van der Waals surface area (Å²) in [5.74, 6) is 0.398. The molecule has 0 amide bonds. The number of carbonyl (C=O) groups is 1. The average molecular weight is 370 g/mol. The van der Waals surface area contributed by atoms with Gasteiger partial charge in [-0.05, 0) is 13.1 Å². The molecule has 2 fully saturated rings. The van der Waals surface area contributed by atoms with Gasteiger partial charge in [-0.25, -0.2) is 4.98 Å². The van der Waals surface area contributed by atoms with Crippen LogP contribution in [0.3, 0.4) is 0 Å². The van der Waals surface area contributed by atoms with E-state index in [9.17, 15) is 9.90 Å². The van der Waals surface area contributed by atoms with Crippen molar-refractivity contribution in [3.05, 3.63) is 48.5 Å². The second-order valence-corrected chi connectivity index (χ2v) is 7.78. The summed E-state index contributed by atoms with van der Waals surface area (Å²) in [7, 11) is 2.01. The Morgan fingerprint density at radius 2 is 2.19 bits per heavy atom. The number of ether oxygens (including phenoxy) is 1. The quantitative estimate of drug-likeness (QED) is 0.795. The number of nitrogens with zero attached hydrogens (tertiary/aromatic N) is 4. The van der Waals surface area contributed by atoms with Gasteiger partial charge in [0.1, 0.15) is 12.4 Å². The van der Waals surface area contributed by atoms with Crippen molar-refractivity contribution in [3.8, 4) is 5.75 Å². The Labute approximate surface area is 159 Å². The summed E-state index contributed by atoms with van der Waals surface area (Å²) < 4.78 is 7.99. The van der Waals surface area contributed by atoms with Gasteiger partial charge in [0.2, 0.25) is 0 Å². The lowest BCUT2D eigenvalue weighted by molar-refractivity contribution is -0.148. The van der Waals surface area contributed by atoms with Crippen LogP contribution in [0.2, 0.25) is 0 Å². The molecule has 3 heterocycles. The Morgan fingerprint density at radius 3 is 2.93 bits per heavy atom. The number of benzene rings is 1. The summed E-state index contributed by atoms with van der Waals surface area (Å²) in [6.45, 7) is 4.93. The molecule has 0 spiro atoms. The number of aliphatic carboxylic acids is 1. The van der Waals surface area contributed by atoms with Gasteiger partial charge in [-0.15, -0.1) is 0 Å². The minimum atomic E-state index is -0.663. The van der Waals surface area contributed by atoms with Gasteiger partial charge in [0.25, 0.3) is 0 Å². The van der Waals surface area contributed by atoms with Crippen molar-refractivity contribution in [1.29, 1.82) is 0 Å². The lowest BCUT2D eigenvalue weighted by Crippen LogP contribution is -2.40. The van der Waals surface area contributed by atoms with E-state index in [0.717, 1.165) is 37.5 Å². The minimum Gasteiger partial charge on any atom is -0.491 e. The molecule has 1 aromatic heterocycles. The number of hydrogen-bond acceptors (Lipinski definition) is 5. The molecule has 0 aliphatic carbocycles. The zero-order chi connectivity index (χ0) is 18.9. The summed E-state index contributed by atoms with van der Waals surface area (Å²) in [5, 5.41) is 9.85. The number of hydrogen-bond donors (Lipinski definition) is 1. The monoisotopic (exact) mass is 370 g/mol. The summed E-state index contributed by atoms with van der Waals surface area (Å²) in [5.41, 5.74) is 0.475. The summed E-state index contributed by atoms with van der Waals surface area (Å²) in [4.78, 5) is 20.4. The molecule has 2 aliphatic heterocycles. The number of aromatic nitrogens is 2. The number of imidazole rings is 1. The SMILES string of the molecule is CN1CC2CN(Cc3ccccc3OCCn3ccnc3)CC2(C(=O)O)C1. The van der Waals surface area contributed by atoms with Crippen molar-refractivity contribution < 1.29 is 14.6 Å². The lowest BCUT2D eigenvalue weighted by Gasteiger charge is -2.24. The first kappa shape index (κ1) is 18.0. The zero-order valence-corrected chi connectivity index (χ0v) is 15.6. The van der Waals surface area contributed by atoms with Crippen LogP contribution in [0.5, 0.6) is 5.75 Å². The molecule has 0 radical (unpaired) electrons. The van der Waals surface area contributed by atoms with Crippen LogP contribution in [-0.2, 0) is 17.9 Å². The van der Waals surface area contributed by atoms with Crippen LogP contribution in [-0.4, -0.2) is 70.3 Å². The zero-order valence-electron chi connectivity index (χ0n) is 15.6. The predicted molar refractivity (Wildman–Crippen MR) is 100 cm³/mol. The van der Waals surface area contributed by atoms with Crippen molar-refractivity contribution in [3.63, 3.8) is 0 Å². The molecule has 2 saturated heterocycles. The third-order valence-corrected chi connectivity index (χ3v) is 5.81. The smallest absolute Gasteiger partial charge is 0.312 e. The Balaban J connectivity index is 1.41. The first-order chi connectivity index (χ1) is 13.1. The normalized spacial score (nSPS) is 25.6. The Bertz CT molecular complexity index is 794. The van der Waals surface area contributed by atoms with E-state index in [4.69, 9.17) is 4.74 Å². The predicted octanol–water partition coefficient (Wildman–Crippen LogP) is 1.41. The largest absolute Gasteiger partial charge is 0.491 e. The van der Waals surface area contributed by atoms with Gasteiger partial charge in [-0.3, -0.25) is 9.69 Å². The fraction of sp³-hybridized carbons (Fsp3) is 0.500. The molecular weight excluding hydrogens is 344 g/mol. The van der Waals surface area contributed by atoms with Crippen molar-refractivity contribution in [1.82, 2.24) is 19.4 Å². The first-order valence-electron chi connectivity index (χ1n) is 9.37. The molecular formula is C20H26N4O3. The number of carboxylic acids is 1. The first-order valence-corrected chi connectivity index (χ1v) is 9.37. The third-order valence-electron chi connectivity index (χ3n) is 5.81. The third kappa shape index (κ3) is 3.57. The van der Waals surface area contributed by atoms with Gasteiger partial charge < -0.3 is 19.3 Å². The fourth-order valence-electron chi connectivity index (χ4n) is 4.54. The molecule has 2 atom stereocenters. The highest BCUT2D eigenvalue weighted by Crippen LogP contribution is 2.43. The summed E-state index contributed by atoms with van der Waals surface area (Å²) in [6, 6.07) is 8.04. The molecule has 1 aromatic carbocycles. The van der Waals surface area contributed by atoms with E-state index < -0.39 is 11.4 Å². The highest BCUT2D eigenvalue weighted by Gasteiger charge is 2.56. The van der Waals surface area contributed by atoms with E-state index in [1.165, 1.54) is 0 Å². The van der Waals surface area contributed by atoms with Gasteiger partial charge in [0, 0.05) is 56.6 Å². The fourth-order valence-corrected chi connectivity index (χ4v) is 4.54. The maximum Gasteiger partial charge on any atom is 0.312 e. The highest BCUT2D eigenvalue weighted by molar-refractivity contribution is 5.77. The lowest BCUT2D eigenvalue weighted by atomic mass is 9.81. The topological polar surface area (TPSA) is 70.8 Å². The van der Waals surface area contributed by atoms with Crippen molar-refractivity contribution in [2.45, 2.75) is 13.1 Å². The second-order valence-electron chi connectivity index (χ2n) is 7.78. The van der Waals surface area contributed by atoms with Crippen LogP contribution in [0, 0.1) is 11.3 Å². The van der Waals surface area contributed by atoms with Crippen LogP contribution in [0.15, 0.2) is 43.0 Å². The molecule has 27 heavy (non-hydrogen) atoms. The Kier molecular flexibility index (Phi) is 4.88. The van der Waals surface area contributed by atoms with E-state index in [1.54, 1.807) is 12.5 Å². The highest BCUT2D eigenvalue weighted by atomic mass is 16.5. The minimum absolute atomic E-state index is 0.189. The van der Waals surface area contributed by atoms with Crippen molar-refractivity contribution in [2.75, 3.05) is 39.8 Å². The molecule has 1 N–H and O–H groups in total. The van der Waals surface area contributed by atoms with Crippen LogP contribution < -0.4 is 4.74 Å². The average Bonchev–Trinajstić information content (AvgIpc) is 3.31. The number of carboxylic acid groups (broad SMARTS) is 1. The van der Waals surface area contributed by atoms with Crippen molar-refractivity contribution >= 4 is 5.97 Å². The second kappa shape index (κ2) is 7.32. The van der Waals surface area contributed by atoms with E-state index in [-0.39, 0.29) is 5.92 Å². The molecule has 2 aromatic rings. The van der Waals surface area contributed by atoms with Crippen LogP contribution in [0.1, 0.15) is 5.56 Å². The van der Waals surface area contributed by atoms with E-state index in [2.05, 4.69) is 20.9 Å². The van der Waals surface area contributed by atoms with Gasteiger partial charge in [0.15, 0.2) is 0 Å². The Hall–Kier alpha value is -2.38. The van der Waals surface area contributed by atoms with Gasteiger partial charge in [-0.2, -0.15) is 0 Å². The maximum atomic E-state index is 12.0. The van der Waals surface area contributed by atoms with Gasteiger partial charge in [0.05, 0.1) is 18.3 Å². The van der Waals surface area contributed by atoms with E-state index >= 15 is 0 Å². The van der Waals surface area contributed by atoms with Gasteiger partial charge >= 0.3 is 5.97 Å². The summed E-state index contributed by atoms with van der Waals surface area (Å²) >= 11 is 0. The Morgan fingerprint density at radius 1 is 1.33 bits per heavy atom. The molecule has 2 unspecified atom stereocenters. The van der Waals surface area contributed by atoms with Gasteiger partial charge in [-0.1, -0.05) is 18.2 Å². The molecule has 0 bridgehead atoms. The van der Waals surface area contributed by atoms with Crippen LogP contribution in [0.25, 0.3) is 0 Å². The number of likely N-dealkylation sites (tertiary alicyclic amines) is 2. The van der Waals surface area contributed by atoms with E-state index in [1.807, 2.05) is 36.0 Å². The standard InChI is InChI=1S/C20H26N4O3/c1-22-11-17-12-24(14-20(17,13-22)19(25)26)10-16-4-2-3-5-18(16)27-9-8-23-7-6-21-15-23/h2-7,15,17H,8-14H2,1H3,(H,25,26). The number of fused-ring (bicyclic) bond motifs is 1. The van der Waals surface area contributed by atoms with Crippen LogP contribution >= 0.6 is 0 Å². The van der Waals surface area contributed by atoms with Crippen LogP contribution in [0.4, 0.5) is 0 Å². The number of rotatable bonds is 7. The molecule has 4 rings (SSSR count). The molecule has 2 aliphatic rings. The van der Waals surface area contributed by atoms with E-state index in [0.29, 0.717) is 19.7 Å². The molecule has 7 nitrogen and oxygen atoms in total. The number of para-hydroxylation sites is 1. The maximum absolute atomic E-state index is 12.0. The molecule has 7 heteroatoms.